The lowest BCUT2D eigenvalue weighted by molar-refractivity contribution is 0.0915. The molecule has 0 aliphatic heterocycles. The highest BCUT2D eigenvalue weighted by molar-refractivity contribution is 5.18. The first-order chi connectivity index (χ1) is 15.3. The van der Waals surface area contributed by atoms with Crippen LogP contribution in [-0.4, -0.2) is 33.8 Å². The van der Waals surface area contributed by atoms with Crippen molar-refractivity contribution in [2.24, 2.45) is 5.92 Å². The fourth-order valence-corrected chi connectivity index (χ4v) is 4.94. The molecule has 1 fully saturated rings. The Labute approximate surface area is 187 Å². The van der Waals surface area contributed by atoms with Crippen LogP contribution in [0.5, 0.6) is 0 Å². The van der Waals surface area contributed by atoms with E-state index in [9.17, 15) is 5.11 Å². The number of nitrogens with zero attached hydrogens (tertiary/aromatic N) is 2. The SMILES string of the molecule is OC(Cc1ccccc1)CN(Cc1cccn1Cc1ccccc1)CC1CCCCC1. The molecule has 1 aromatic heterocycles. The second-order valence-corrected chi connectivity index (χ2v) is 9.15. The summed E-state index contributed by atoms with van der Waals surface area (Å²) in [5, 5.41) is 10.9. The van der Waals surface area contributed by atoms with Crippen LogP contribution in [-0.2, 0) is 19.5 Å². The van der Waals surface area contributed by atoms with E-state index in [1.165, 1.54) is 48.9 Å². The average molecular weight is 417 g/mol. The lowest BCUT2D eigenvalue weighted by atomic mass is 9.89. The van der Waals surface area contributed by atoms with Gasteiger partial charge in [0.05, 0.1) is 6.10 Å². The van der Waals surface area contributed by atoms with Crippen LogP contribution in [0.2, 0.25) is 0 Å². The summed E-state index contributed by atoms with van der Waals surface area (Å²) >= 11 is 0. The molecule has 1 heterocycles. The molecule has 1 unspecified atom stereocenters. The largest absolute Gasteiger partial charge is 0.391 e. The Morgan fingerprint density at radius 1 is 0.839 bits per heavy atom. The van der Waals surface area contributed by atoms with Gasteiger partial charge in [0.15, 0.2) is 0 Å². The standard InChI is InChI=1S/C28H36N2O/c31-28(19-24-11-4-1-5-12-24)23-29(20-25-13-6-2-7-14-25)22-27-17-10-18-30(27)21-26-15-8-3-9-16-26/h1,3-5,8-12,15-18,25,28,31H,2,6-7,13-14,19-23H2. The Bertz CT molecular complexity index is 884. The van der Waals surface area contributed by atoms with Crippen molar-refractivity contribution < 1.29 is 5.11 Å². The summed E-state index contributed by atoms with van der Waals surface area (Å²) in [6.45, 7) is 3.60. The molecule has 1 atom stereocenters. The van der Waals surface area contributed by atoms with E-state index in [0.29, 0.717) is 6.42 Å². The van der Waals surface area contributed by atoms with Gasteiger partial charge in [-0.1, -0.05) is 79.9 Å². The van der Waals surface area contributed by atoms with Gasteiger partial charge < -0.3 is 9.67 Å². The summed E-state index contributed by atoms with van der Waals surface area (Å²) in [4.78, 5) is 2.50. The molecule has 0 amide bonds. The number of benzene rings is 2. The third-order valence-electron chi connectivity index (χ3n) is 6.53. The van der Waals surface area contributed by atoms with Gasteiger partial charge in [0.25, 0.3) is 0 Å². The lowest BCUT2D eigenvalue weighted by Crippen LogP contribution is -2.37. The summed E-state index contributed by atoms with van der Waals surface area (Å²) < 4.78 is 2.35. The monoisotopic (exact) mass is 416 g/mol. The van der Waals surface area contributed by atoms with Gasteiger partial charge in [-0.05, 0) is 48.4 Å². The van der Waals surface area contributed by atoms with Crippen LogP contribution in [0.4, 0.5) is 0 Å². The predicted molar refractivity (Wildman–Crippen MR) is 128 cm³/mol. The Hall–Kier alpha value is -2.36. The molecule has 0 radical (unpaired) electrons. The number of rotatable bonds is 10. The van der Waals surface area contributed by atoms with Gasteiger partial charge in [-0.25, -0.2) is 0 Å². The van der Waals surface area contributed by atoms with Gasteiger partial charge in [-0.2, -0.15) is 0 Å². The summed E-state index contributed by atoms with van der Waals surface area (Å²) in [6, 6.07) is 25.4. The van der Waals surface area contributed by atoms with E-state index in [4.69, 9.17) is 0 Å². The van der Waals surface area contributed by atoms with Crippen molar-refractivity contribution in [1.29, 1.82) is 0 Å². The smallest absolute Gasteiger partial charge is 0.0707 e. The van der Waals surface area contributed by atoms with E-state index in [-0.39, 0.29) is 6.10 Å². The molecular weight excluding hydrogens is 380 g/mol. The van der Waals surface area contributed by atoms with Gasteiger partial charge in [-0.15, -0.1) is 0 Å². The Balaban J connectivity index is 1.43. The Kier molecular flexibility index (Phi) is 7.98. The molecule has 0 saturated heterocycles. The lowest BCUT2D eigenvalue weighted by Gasteiger charge is -2.31. The maximum atomic E-state index is 10.9. The average Bonchev–Trinajstić information content (AvgIpc) is 3.22. The van der Waals surface area contributed by atoms with E-state index in [1.807, 2.05) is 6.07 Å². The first kappa shape index (κ1) is 21.9. The molecule has 4 rings (SSSR count). The molecule has 1 saturated carbocycles. The summed E-state index contributed by atoms with van der Waals surface area (Å²) in [7, 11) is 0. The van der Waals surface area contributed by atoms with Crippen molar-refractivity contribution in [3.05, 3.63) is 95.8 Å². The van der Waals surface area contributed by atoms with Crippen molar-refractivity contribution >= 4 is 0 Å². The van der Waals surface area contributed by atoms with Crippen LogP contribution in [0.1, 0.15) is 48.9 Å². The Morgan fingerprint density at radius 2 is 1.52 bits per heavy atom. The first-order valence-electron chi connectivity index (χ1n) is 11.9. The number of aliphatic hydroxyl groups is 1. The fourth-order valence-electron chi connectivity index (χ4n) is 4.94. The predicted octanol–water partition coefficient (Wildman–Crippen LogP) is 5.52. The van der Waals surface area contributed by atoms with Crippen LogP contribution in [0.25, 0.3) is 0 Å². The zero-order chi connectivity index (χ0) is 21.3. The van der Waals surface area contributed by atoms with Crippen molar-refractivity contribution in [2.45, 2.75) is 57.7 Å². The highest BCUT2D eigenvalue weighted by Gasteiger charge is 2.20. The molecule has 3 aromatic rings. The summed E-state index contributed by atoms with van der Waals surface area (Å²) in [5.74, 6) is 0.759. The van der Waals surface area contributed by atoms with E-state index < -0.39 is 0 Å². The van der Waals surface area contributed by atoms with Crippen molar-refractivity contribution in [2.75, 3.05) is 13.1 Å². The van der Waals surface area contributed by atoms with Gasteiger partial charge >= 0.3 is 0 Å². The van der Waals surface area contributed by atoms with E-state index in [0.717, 1.165) is 32.1 Å². The van der Waals surface area contributed by atoms with Gasteiger partial charge in [-0.3, -0.25) is 4.90 Å². The van der Waals surface area contributed by atoms with Crippen molar-refractivity contribution in [1.82, 2.24) is 9.47 Å². The highest BCUT2D eigenvalue weighted by Crippen LogP contribution is 2.25. The molecule has 0 bridgehead atoms. The minimum absolute atomic E-state index is 0.344. The quantitative estimate of drug-likeness (QED) is 0.471. The number of aliphatic hydroxyl groups excluding tert-OH is 1. The summed E-state index contributed by atoms with van der Waals surface area (Å²) in [5.41, 5.74) is 3.86. The van der Waals surface area contributed by atoms with Crippen LogP contribution in [0, 0.1) is 5.92 Å². The molecule has 2 aromatic carbocycles. The molecule has 3 nitrogen and oxygen atoms in total. The second kappa shape index (κ2) is 11.3. The minimum atomic E-state index is -0.344. The molecular formula is C28H36N2O. The van der Waals surface area contributed by atoms with Crippen molar-refractivity contribution in [3.8, 4) is 0 Å². The normalized spacial score (nSPS) is 15.9. The van der Waals surface area contributed by atoms with Crippen molar-refractivity contribution in [3.63, 3.8) is 0 Å². The molecule has 31 heavy (non-hydrogen) atoms. The molecule has 1 aliphatic rings. The Morgan fingerprint density at radius 3 is 2.23 bits per heavy atom. The first-order valence-corrected chi connectivity index (χ1v) is 11.9. The van der Waals surface area contributed by atoms with Crippen LogP contribution < -0.4 is 0 Å². The topological polar surface area (TPSA) is 28.4 Å². The van der Waals surface area contributed by atoms with Gasteiger partial charge in [0.2, 0.25) is 0 Å². The molecule has 1 N–H and O–H groups in total. The number of hydrogen-bond donors (Lipinski definition) is 1. The maximum absolute atomic E-state index is 10.9. The number of hydrogen-bond acceptors (Lipinski definition) is 2. The molecule has 3 heteroatoms. The van der Waals surface area contributed by atoms with E-state index in [1.54, 1.807) is 0 Å². The molecule has 1 aliphatic carbocycles. The third kappa shape index (κ3) is 6.81. The third-order valence-corrected chi connectivity index (χ3v) is 6.53. The van der Waals surface area contributed by atoms with Crippen LogP contribution in [0.15, 0.2) is 79.0 Å². The van der Waals surface area contributed by atoms with Crippen LogP contribution >= 0.6 is 0 Å². The number of aromatic nitrogens is 1. The zero-order valence-electron chi connectivity index (χ0n) is 18.6. The van der Waals surface area contributed by atoms with E-state index >= 15 is 0 Å². The fraction of sp³-hybridized carbons (Fsp3) is 0.429. The molecule has 164 valence electrons. The minimum Gasteiger partial charge on any atom is -0.391 e. The van der Waals surface area contributed by atoms with Gasteiger partial charge in [0.1, 0.15) is 0 Å². The van der Waals surface area contributed by atoms with Crippen LogP contribution in [0.3, 0.4) is 0 Å². The summed E-state index contributed by atoms with van der Waals surface area (Å²) in [6.07, 6.45) is 9.31. The zero-order valence-corrected chi connectivity index (χ0v) is 18.6. The second-order valence-electron chi connectivity index (χ2n) is 9.15. The highest BCUT2D eigenvalue weighted by atomic mass is 16.3. The van der Waals surface area contributed by atoms with E-state index in [2.05, 4.69) is 82.4 Å². The van der Waals surface area contributed by atoms with Gasteiger partial charge in [0, 0.05) is 38.1 Å². The molecule has 0 spiro atoms. The maximum Gasteiger partial charge on any atom is 0.0707 e.